The van der Waals surface area contributed by atoms with Crippen LogP contribution in [0, 0.1) is 11.8 Å². The van der Waals surface area contributed by atoms with Gasteiger partial charge < -0.3 is 55.2 Å². The first kappa shape index (κ1) is 36.2. The number of aromatic nitrogens is 1. The molecule has 2 aromatic heterocycles. The Balaban J connectivity index is 1.54. The third-order valence-corrected chi connectivity index (χ3v) is 9.01. The summed E-state index contributed by atoms with van der Waals surface area (Å²) in [6.45, 7) is 3.86. The zero-order valence-electron chi connectivity index (χ0n) is 26.8. The van der Waals surface area contributed by atoms with Crippen molar-refractivity contribution < 1.29 is 58.9 Å². The molecule has 1 saturated heterocycles. The predicted octanol–water partition coefficient (Wildman–Crippen LogP) is 0.226. The average molecular weight is 696 g/mol. The monoisotopic (exact) mass is 695 g/mol. The van der Waals surface area contributed by atoms with Gasteiger partial charge >= 0.3 is 5.97 Å². The Kier molecular flexibility index (Phi) is 10.2. The van der Waals surface area contributed by atoms with E-state index in [1.165, 1.54) is 36.4 Å². The number of aliphatic carboxylic acids is 1. The lowest BCUT2D eigenvalue weighted by molar-refractivity contribution is -0.359. The minimum atomic E-state index is -3.37. The van der Waals surface area contributed by atoms with E-state index in [1.54, 1.807) is 12.4 Å². The molecule has 16 nitrogen and oxygen atoms in total. The van der Waals surface area contributed by atoms with Crippen LogP contribution in [0.3, 0.4) is 0 Å². The molecular formula is C34H37N3O13. The van der Waals surface area contributed by atoms with Crippen LogP contribution in [0.4, 0.5) is 0 Å². The van der Waals surface area contributed by atoms with E-state index in [1.807, 2.05) is 19.9 Å². The van der Waals surface area contributed by atoms with Gasteiger partial charge in [-0.3, -0.25) is 19.7 Å². The van der Waals surface area contributed by atoms with E-state index in [-0.39, 0.29) is 58.3 Å². The number of aliphatic hydroxyl groups excluding tert-OH is 2. The number of carbonyl (C=O) groups excluding carboxylic acids is 2. The number of nitrogens with one attached hydrogen (secondary N) is 2. The highest BCUT2D eigenvalue weighted by atomic mass is 16.7. The van der Waals surface area contributed by atoms with Crippen LogP contribution in [-0.4, -0.2) is 96.3 Å². The van der Waals surface area contributed by atoms with Crippen molar-refractivity contribution in [2.45, 2.75) is 56.2 Å². The summed E-state index contributed by atoms with van der Waals surface area (Å²) < 4.78 is 16.8. The molecule has 2 aromatic carbocycles. The highest BCUT2D eigenvalue weighted by Crippen LogP contribution is 2.41. The highest BCUT2D eigenvalue weighted by Gasteiger charge is 2.71. The number of H-pyrrole nitrogens is 1. The molecule has 16 heteroatoms. The number of carboxylic acids is 1. The fraction of sp³-hybridized carbons (Fsp3) is 0.353. The van der Waals surface area contributed by atoms with Gasteiger partial charge in [0, 0.05) is 25.0 Å². The smallest absolute Gasteiger partial charge is 0.335 e. The van der Waals surface area contributed by atoms with Crippen molar-refractivity contribution in [1.82, 2.24) is 10.3 Å². The minimum absolute atomic E-state index is 0.00677. The second kappa shape index (κ2) is 14.0. The number of carboxylic acid groups (broad SMARTS) is 1. The van der Waals surface area contributed by atoms with Crippen molar-refractivity contribution in [1.29, 1.82) is 0 Å². The van der Waals surface area contributed by atoms with Crippen LogP contribution in [0.5, 0.6) is 11.5 Å². The Morgan fingerprint density at radius 3 is 2.42 bits per heavy atom. The molecule has 1 aliphatic rings. The van der Waals surface area contributed by atoms with Gasteiger partial charge in [-0.1, -0.05) is 26.0 Å². The van der Waals surface area contributed by atoms with Crippen LogP contribution < -0.4 is 21.2 Å². The van der Waals surface area contributed by atoms with E-state index in [2.05, 4.69) is 10.3 Å². The summed E-state index contributed by atoms with van der Waals surface area (Å²) in [6, 6.07) is 10.7. The topological polar surface area (TPSA) is 275 Å². The Hall–Kier alpha value is -5.10. The summed E-state index contributed by atoms with van der Waals surface area (Å²) in [7, 11) is 0. The molecule has 0 bridgehead atoms. The van der Waals surface area contributed by atoms with Crippen molar-refractivity contribution in [2.24, 2.45) is 17.6 Å². The molecule has 1 aliphatic heterocycles. The normalized spacial score (nSPS) is 24.9. The molecule has 4 aromatic rings. The van der Waals surface area contributed by atoms with Crippen LogP contribution in [-0.2, 0) is 20.7 Å². The van der Waals surface area contributed by atoms with Crippen molar-refractivity contribution in [2.75, 3.05) is 6.54 Å². The van der Waals surface area contributed by atoms with Gasteiger partial charge in [0.2, 0.25) is 23.1 Å². The molecule has 0 radical (unpaired) electrons. The number of ether oxygens (including phenoxy) is 2. The van der Waals surface area contributed by atoms with E-state index in [9.17, 15) is 49.8 Å². The lowest BCUT2D eigenvalue weighted by Gasteiger charge is -2.53. The molecule has 0 saturated carbocycles. The fourth-order valence-corrected chi connectivity index (χ4v) is 5.98. The number of phenolic OH excluding ortho intramolecular Hbond substituents is 1. The van der Waals surface area contributed by atoms with Crippen molar-refractivity contribution >= 4 is 29.1 Å². The first-order valence-electron chi connectivity index (χ1n) is 15.5. The zero-order valence-corrected chi connectivity index (χ0v) is 26.8. The maximum atomic E-state index is 13.5. The number of hydrogen-bond donors (Lipinski definition) is 9. The van der Waals surface area contributed by atoms with Crippen LogP contribution in [0.1, 0.15) is 30.0 Å². The summed E-state index contributed by atoms with van der Waals surface area (Å²) in [6.07, 6.45) is -5.78. The molecule has 0 aliphatic carbocycles. The van der Waals surface area contributed by atoms with E-state index in [4.69, 9.17) is 19.6 Å². The van der Waals surface area contributed by atoms with Gasteiger partial charge in [0.1, 0.15) is 29.4 Å². The maximum absolute atomic E-state index is 13.5. The summed E-state index contributed by atoms with van der Waals surface area (Å²) in [5, 5.41) is 67.6. The van der Waals surface area contributed by atoms with E-state index in [0.29, 0.717) is 6.42 Å². The van der Waals surface area contributed by atoms with Crippen molar-refractivity contribution in [3.05, 3.63) is 82.5 Å². The first-order valence-corrected chi connectivity index (χ1v) is 15.5. The third-order valence-electron chi connectivity index (χ3n) is 9.01. The van der Waals surface area contributed by atoms with Crippen LogP contribution in [0.25, 0.3) is 22.1 Å². The van der Waals surface area contributed by atoms with E-state index < -0.39 is 59.0 Å². The molecule has 3 heterocycles. The molecule has 266 valence electrons. The van der Waals surface area contributed by atoms with E-state index >= 15 is 0 Å². The molecule has 5 rings (SSSR count). The van der Waals surface area contributed by atoms with Gasteiger partial charge in [0.25, 0.3) is 5.91 Å². The predicted molar refractivity (Wildman–Crippen MR) is 174 cm³/mol. The number of carbonyl (C=O) groups is 3. The number of rotatable bonds is 13. The second-order valence-electron chi connectivity index (χ2n) is 12.5. The Morgan fingerprint density at radius 2 is 1.84 bits per heavy atom. The number of aromatic hydroxyl groups is 1. The van der Waals surface area contributed by atoms with Crippen molar-refractivity contribution in [3.8, 4) is 22.6 Å². The van der Waals surface area contributed by atoms with Gasteiger partial charge in [-0.15, -0.1) is 0 Å². The van der Waals surface area contributed by atoms with Crippen LogP contribution in [0.2, 0.25) is 0 Å². The summed E-state index contributed by atoms with van der Waals surface area (Å²) in [5.74, 6) is -4.02. The van der Waals surface area contributed by atoms with Gasteiger partial charge in [-0.05, 0) is 59.7 Å². The quantitative estimate of drug-likeness (QED) is 0.0669. The number of amides is 1. The Labute approximate surface area is 283 Å². The number of aliphatic hydroxyl groups is 4. The molecule has 1 amide bonds. The van der Waals surface area contributed by atoms with Gasteiger partial charge in [-0.2, -0.15) is 0 Å². The van der Waals surface area contributed by atoms with Gasteiger partial charge in [-0.25, -0.2) is 4.79 Å². The van der Waals surface area contributed by atoms with Gasteiger partial charge in [0.15, 0.2) is 18.0 Å². The Morgan fingerprint density at radius 1 is 1.14 bits per heavy atom. The summed E-state index contributed by atoms with van der Waals surface area (Å²) in [5.41, 5.74) is -1.08. The molecule has 0 spiro atoms. The number of aldehydes is 1. The molecule has 1 fully saturated rings. The highest BCUT2D eigenvalue weighted by molar-refractivity contribution is 5.99. The van der Waals surface area contributed by atoms with Crippen LogP contribution >= 0.6 is 0 Å². The third kappa shape index (κ3) is 6.47. The summed E-state index contributed by atoms with van der Waals surface area (Å²) >= 11 is 0. The number of phenols is 1. The summed E-state index contributed by atoms with van der Waals surface area (Å²) in [4.78, 5) is 53.3. The average Bonchev–Trinajstić information content (AvgIpc) is 3.60. The largest absolute Gasteiger partial charge is 0.508 e. The minimum Gasteiger partial charge on any atom is -0.508 e. The maximum Gasteiger partial charge on any atom is 0.335 e. The molecule has 0 unspecified atom stereocenters. The molecule has 10 N–H and O–H groups in total. The first-order chi connectivity index (χ1) is 23.6. The standard InChI is InChI=1S/C34H37N3O13/c1-16(2)19(11-17-9-10-36-13-17)14-37-31(45)34(47)32(50-27(30(43)44)28(41)33(34,46)15-38)48-21-7-8-22-23(12-21)49-26(29(35)42)24(25(22)40)18-3-5-20(39)6-4-18/h3-10,12-13,15-16,19,27-28,31-32,36-37,39,41,45-47H,11,14H2,1-2H3,(H2,35,42)(H,43,44)/t19-,27-,28+,31+,32+,33-,34-/m0/s1. The lowest BCUT2D eigenvalue weighted by Crippen LogP contribution is -2.82. The zero-order chi connectivity index (χ0) is 36.5. The number of primary amides is 1. The number of aromatic amines is 1. The lowest BCUT2D eigenvalue weighted by atomic mass is 9.73. The Bertz CT molecular complexity index is 1930. The SMILES string of the molecule is CC(C)[C@H](CN[C@H](O)[C@]1(O)[C@H](Oc2ccc3c(=O)c(-c4ccc(O)cc4)c(C(N)=O)oc3c2)O[C@H](C(=O)O)[C@@H](O)[C@@]1(O)C=O)Cc1cc[nH]c1. The second-order valence-corrected chi connectivity index (χ2v) is 12.5. The van der Waals surface area contributed by atoms with Crippen LogP contribution in [0.15, 0.2) is 70.1 Å². The molecule has 7 atom stereocenters. The number of hydrogen-bond acceptors (Lipinski definition) is 13. The van der Waals surface area contributed by atoms with Crippen molar-refractivity contribution in [3.63, 3.8) is 0 Å². The molecular weight excluding hydrogens is 658 g/mol. The molecule has 50 heavy (non-hydrogen) atoms. The van der Waals surface area contributed by atoms with E-state index in [0.717, 1.165) is 11.6 Å². The number of benzene rings is 2. The number of fused-ring (bicyclic) bond motifs is 1. The van der Waals surface area contributed by atoms with Gasteiger partial charge in [0.05, 0.1) is 10.9 Å². The fourth-order valence-electron chi connectivity index (χ4n) is 5.98. The number of nitrogens with two attached hydrogens (primary N) is 1.